The minimum Gasteiger partial charge on any atom is -0.446 e. The Morgan fingerprint density at radius 1 is 1.36 bits per heavy atom. The fourth-order valence-electron chi connectivity index (χ4n) is 0.784. The first-order valence-corrected chi connectivity index (χ1v) is 4.07. The summed E-state index contributed by atoms with van der Waals surface area (Å²) in [6.45, 7) is 1.74. The monoisotopic (exact) mass is 199 g/mol. The van der Waals surface area contributed by atoms with Crippen molar-refractivity contribution in [2.75, 3.05) is 17.2 Å². The van der Waals surface area contributed by atoms with Crippen LogP contribution < -0.4 is 21.9 Å². The van der Waals surface area contributed by atoms with Crippen molar-refractivity contribution in [3.05, 3.63) is 0 Å². The SMILES string of the molecule is CCC(O)Oc1nc(N)nc(N)c1N. The van der Waals surface area contributed by atoms with Gasteiger partial charge >= 0.3 is 0 Å². The molecule has 78 valence electrons. The number of aliphatic hydroxyl groups excluding tert-OH is 1. The van der Waals surface area contributed by atoms with E-state index in [0.29, 0.717) is 6.42 Å². The Bertz CT molecular complexity index is 330. The van der Waals surface area contributed by atoms with Gasteiger partial charge in [0.05, 0.1) is 0 Å². The number of hydrogen-bond donors (Lipinski definition) is 4. The van der Waals surface area contributed by atoms with Crippen molar-refractivity contribution in [3.63, 3.8) is 0 Å². The van der Waals surface area contributed by atoms with Gasteiger partial charge in [-0.15, -0.1) is 0 Å². The second-order valence-electron chi connectivity index (χ2n) is 2.67. The van der Waals surface area contributed by atoms with Crippen LogP contribution in [-0.4, -0.2) is 21.4 Å². The lowest BCUT2D eigenvalue weighted by Gasteiger charge is -2.12. The van der Waals surface area contributed by atoms with Crippen LogP contribution >= 0.6 is 0 Å². The maximum absolute atomic E-state index is 9.20. The average molecular weight is 199 g/mol. The molecule has 1 aromatic rings. The lowest BCUT2D eigenvalue weighted by Crippen LogP contribution is -2.17. The number of anilines is 3. The van der Waals surface area contributed by atoms with E-state index in [2.05, 4.69) is 9.97 Å². The lowest BCUT2D eigenvalue weighted by molar-refractivity contribution is -0.0216. The Morgan fingerprint density at radius 3 is 2.57 bits per heavy atom. The van der Waals surface area contributed by atoms with Crippen LogP contribution in [0.5, 0.6) is 5.88 Å². The van der Waals surface area contributed by atoms with Gasteiger partial charge in [-0.2, -0.15) is 9.97 Å². The second kappa shape index (κ2) is 3.97. The molecule has 1 heterocycles. The van der Waals surface area contributed by atoms with E-state index in [9.17, 15) is 5.11 Å². The van der Waals surface area contributed by atoms with Crippen molar-refractivity contribution >= 4 is 17.5 Å². The molecule has 0 aromatic carbocycles. The summed E-state index contributed by atoms with van der Waals surface area (Å²) in [6.07, 6.45) is -0.575. The van der Waals surface area contributed by atoms with Gasteiger partial charge in [0.2, 0.25) is 11.8 Å². The van der Waals surface area contributed by atoms with E-state index in [0.717, 1.165) is 0 Å². The standard InChI is InChI=1S/C7H13N5O2/c1-2-3(13)14-6-4(8)5(9)11-7(10)12-6/h3,13H,2,8H2,1H3,(H4,9,10,11,12). The van der Waals surface area contributed by atoms with Gasteiger partial charge in [0.15, 0.2) is 12.1 Å². The smallest absolute Gasteiger partial charge is 0.246 e. The molecule has 7 N–H and O–H groups in total. The van der Waals surface area contributed by atoms with E-state index in [4.69, 9.17) is 21.9 Å². The lowest BCUT2D eigenvalue weighted by atomic mass is 10.4. The highest BCUT2D eigenvalue weighted by molar-refractivity contribution is 5.65. The second-order valence-corrected chi connectivity index (χ2v) is 2.67. The molecule has 0 saturated carbocycles. The summed E-state index contributed by atoms with van der Waals surface area (Å²) in [6, 6.07) is 0. The molecule has 1 aromatic heterocycles. The third kappa shape index (κ3) is 2.13. The largest absolute Gasteiger partial charge is 0.446 e. The predicted molar refractivity (Wildman–Crippen MR) is 52.2 cm³/mol. The first-order chi connectivity index (χ1) is 6.54. The Balaban J connectivity index is 2.96. The molecule has 0 spiro atoms. The normalized spacial score (nSPS) is 12.4. The molecular formula is C7H13N5O2. The first-order valence-electron chi connectivity index (χ1n) is 4.07. The number of rotatable bonds is 3. The minimum atomic E-state index is -0.981. The third-order valence-corrected chi connectivity index (χ3v) is 1.55. The number of nitrogens with two attached hydrogens (primary N) is 3. The molecule has 0 amide bonds. The van der Waals surface area contributed by atoms with Gasteiger partial charge in [-0.25, -0.2) is 0 Å². The highest BCUT2D eigenvalue weighted by Gasteiger charge is 2.12. The number of aromatic nitrogens is 2. The van der Waals surface area contributed by atoms with Crippen molar-refractivity contribution in [2.45, 2.75) is 19.6 Å². The molecule has 1 rings (SSSR count). The number of nitrogens with zero attached hydrogens (tertiary/aromatic N) is 2. The van der Waals surface area contributed by atoms with Crippen LogP contribution in [-0.2, 0) is 0 Å². The Kier molecular flexibility index (Phi) is 2.92. The Hall–Kier alpha value is -1.76. The van der Waals surface area contributed by atoms with Crippen LogP contribution in [0.25, 0.3) is 0 Å². The Morgan fingerprint density at radius 2 is 2.00 bits per heavy atom. The maximum Gasteiger partial charge on any atom is 0.246 e. The molecule has 0 aliphatic rings. The van der Waals surface area contributed by atoms with Crippen molar-refractivity contribution in [3.8, 4) is 5.88 Å². The van der Waals surface area contributed by atoms with Crippen LogP contribution in [0.15, 0.2) is 0 Å². The molecule has 0 bridgehead atoms. The van der Waals surface area contributed by atoms with Crippen LogP contribution in [0, 0.1) is 0 Å². The van der Waals surface area contributed by atoms with E-state index < -0.39 is 6.29 Å². The molecule has 1 atom stereocenters. The van der Waals surface area contributed by atoms with Crippen molar-refractivity contribution < 1.29 is 9.84 Å². The number of aliphatic hydroxyl groups is 1. The fourth-order valence-corrected chi connectivity index (χ4v) is 0.784. The zero-order chi connectivity index (χ0) is 10.7. The molecule has 14 heavy (non-hydrogen) atoms. The van der Waals surface area contributed by atoms with Gasteiger partial charge in [0, 0.05) is 6.42 Å². The topological polar surface area (TPSA) is 133 Å². The summed E-state index contributed by atoms with van der Waals surface area (Å²) in [7, 11) is 0. The van der Waals surface area contributed by atoms with Crippen molar-refractivity contribution in [1.29, 1.82) is 0 Å². The summed E-state index contributed by atoms with van der Waals surface area (Å²) in [5.41, 5.74) is 16.3. The minimum absolute atomic E-state index is 0.00403. The van der Waals surface area contributed by atoms with Crippen LogP contribution in [0.2, 0.25) is 0 Å². The molecule has 7 heteroatoms. The van der Waals surface area contributed by atoms with Gasteiger partial charge in [0.25, 0.3) is 0 Å². The molecule has 0 aliphatic carbocycles. The average Bonchev–Trinajstić information content (AvgIpc) is 2.13. The zero-order valence-electron chi connectivity index (χ0n) is 7.77. The number of ether oxygens (including phenoxy) is 1. The molecule has 0 saturated heterocycles. The fraction of sp³-hybridized carbons (Fsp3) is 0.429. The summed E-state index contributed by atoms with van der Waals surface area (Å²) < 4.78 is 4.98. The molecule has 7 nitrogen and oxygen atoms in total. The van der Waals surface area contributed by atoms with Crippen LogP contribution in [0.4, 0.5) is 17.5 Å². The summed E-state index contributed by atoms with van der Waals surface area (Å²) in [4.78, 5) is 7.33. The molecule has 0 aliphatic heterocycles. The zero-order valence-corrected chi connectivity index (χ0v) is 7.77. The number of nitrogen functional groups attached to an aromatic ring is 3. The highest BCUT2D eigenvalue weighted by Crippen LogP contribution is 2.25. The van der Waals surface area contributed by atoms with E-state index in [-0.39, 0.29) is 23.3 Å². The van der Waals surface area contributed by atoms with Gasteiger partial charge < -0.3 is 27.0 Å². The maximum atomic E-state index is 9.20. The van der Waals surface area contributed by atoms with E-state index in [1.165, 1.54) is 0 Å². The number of hydrogen-bond acceptors (Lipinski definition) is 7. The van der Waals surface area contributed by atoms with Gasteiger partial charge in [-0.1, -0.05) is 6.92 Å². The molecule has 0 radical (unpaired) electrons. The van der Waals surface area contributed by atoms with Gasteiger partial charge in [-0.3, -0.25) is 0 Å². The summed E-state index contributed by atoms with van der Waals surface area (Å²) in [5.74, 6) is -0.00449. The van der Waals surface area contributed by atoms with E-state index in [1.54, 1.807) is 6.92 Å². The first kappa shape index (κ1) is 10.3. The van der Waals surface area contributed by atoms with Gasteiger partial charge in [-0.05, 0) is 0 Å². The predicted octanol–water partition coefficient (Wildman–Crippen LogP) is -0.670. The quantitative estimate of drug-likeness (QED) is 0.474. The van der Waals surface area contributed by atoms with Crippen molar-refractivity contribution in [1.82, 2.24) is 9.97 Å². The highest BCUT2D eigenvalue weighted by atomic mass is 16.6. The third-order valence-electron chi connectivity index (χ3n) is 1.55. The Labute approximate surface area is 80.9 Å². The molecular weight excluding hydrogens is 186 g/mol. The summed E-state index contributed by atoms with van der Waals surface area (Å²) in [5, 5.41) is 9.20. The molecule has 0 fully saturated rings. The molecule has 1 unspecified atom stereocenters. The van der Waals surface area contributed by atoms with E-state index >= 15 is 0 Å². The van der Waals surface area contributed by atoms with Gasteiger partial charge in [0.1, 0.15) is 5.69 Å². The van der Waals surface area contributed by atoms with Crippen LogP contribution in [0.3, 0.4) is 0 Å². The van der Waals surface area contributed by atoms with Crippen LogP contribution in [0.1, 0.15) is 13.3 Å². The summed E-state index contributed by atoms with van der Waals surface area (Å²) >= 11 is 0. The van der Waals surface area contributed by atoms with Crippen molar-refractivity contribution in [2.24, 2.45) is 0 Å². The van der Waals surface area contributed by atoms with E-state index in [1.807, 2.05) is 0 Å².